The zero-order chi connectivity index (χ0) is 15.1. The number of hydrogen-bond donors (Lipinski definition) is 2. The number of rotatable bonds is 7. The molecule has 0 aliphatic rings. The minimum atomic E-state index is -0.562. The fraction of sp³-hybridized carbons (Fsp3) is 0.455. The number of oxime groups is 1. The molecule has 1 aromatic rings. The maximum absolute atomic E-state index is 11.1. The Morgan fingerprint density at radius 3 is 2.95 bits per heavy atom. The number of anilines is 1. The molecule has 0 saturated heterocycles. The van der Waals surface area contributed by atoms with Crippen molar-refractivity contribution in [2.45, 2.75) is 6.92 Å². The van der Waals surface area contributed by atoms with Crippen molar-refractivity contribution in [2.75, 3.05) is 31.7 Å². The average Bonchev–Trinajstić information content (AvgIpc) is 2.45. The second kappa shape index (κ2) is 7.24. The molecular formula is C11H17N5O4. The lowest BCUT2D eigenvalue weighted by Crippen LogP contribution is -2.25. The predicted octanol–water partition coefficient (Wildman–Crippen LogP) is 0.557. The number of aromatic nitrogens is 1. The van der Waals surface area contributed by atoms with E-state index in [0.717, 1.165) is 0 Å². The summed E-state index contributed by atoms with van der Waals surface area (Å²) in [4.78, 5) is 16.1. The van der Waals surface area contributed by atoms with E-state index >= 15 is 0 Å². The van der Waals surface area contributed by atoms with E-state index in [9.17, 15) is 10.1 Å². The third-order valence-electron chi connectivity index (χ3n) is 2.58. The summed E-state index contributed by atoms with van der Waals surface area (Å²) in [7, 11) is 1.68. The Morgan fingerprint density at radius 1 is 1.70 bits per heavy atom. The van der Waals surface area contributed by atoms with Gasteiger partial charge in [-0.1, -0.05) is 5.16 Å². The van der Waals surface area contributed by atoms with Gasteiger partial charge >= 0.3 is 5.69 Å². The van der Waals surface area contributed by atoms with Crippen LogP contribution in [0.15, 0.2) is 17.4 Å². The molecule has 1 heterocycles. The number of hydrogen-bond acceptors (Lipinski definition) is 7. The van der Waals surface area contributed by atoms with E-state index in [1.165, 1.54) is 12.3 Å². The van der Waals surface area contributed by atoms with E-state index < -0.39 is 4.92 Å². The standard InChI is InChI=1S/C11H17N5O4/c1-3-20-5-4-15(2)11-9(16(18)19)6-8(7-13-11)10(12)14-17/h6-7,17H,3-5H2,1-2H3,(H2,12,14). The molecule has 20 heavy (non-hydrogen) atoms. The van der Waals surface area contributed by atoms with Gasteiger partial charge in [-0.15, -0.1) is 0 Å². The highest BCUT2D eigenvalue weighted by atomic mass is 16.6. The van der Waals surface area contributed by atoms with Crippen molar-refractivity contribution in [2.24, 2.45) is 10.9 Å². The molecule has 1 aromatic heterocycles. The number of pyridine rings is 1. The van der Waals surface area contributed by atoms with Crippen molar-refractivity contribution in [1.29, 1.82) is 0 Å². The molecule has 3 N–H and O–H groups in total. The maximum atomic E-state index is 11.1. The van der Waals surface area contributed by atoms with Crippen LogP contribution in [0, 0.1) is 10.1 Å². The van der Waals surface area contributed by atoms with Crippen molar-refractivity contribution >= 4 is 17.3 Å². The maximum Gasteiger partial charge on any atom is 0.312 e. The van der Waals surface area contributed by atoms with Crippen LogP contribution in [0.25, 0.3) is 0 Å². The van der Waals surface area contributed by atoms with Crippen LogP contribution >= 0.6 is 0 Å². The number of amidine groups is 1. The van der Waals surface area contributed by atoms with Crippen LogP contribution in [0.3, 0.4) is 0 Å². The average molecular weight is 283 g/mol. The van der Waals surface area contributed by atoms with Gasteiger partial charge in [0.25, 0.3) is 0 Å². The number of nitro groups is 1. The van der Waals surface area contributed by atoms with Gasteiger partial charge in [0.2, 0.25) is 5.82 Å². The minimum Gasteiger partial charge on any atom is -0.409 e. The third-order valence-corrected chi connectivity index (χ3v) is 2.58. The first-order chi connectivity index (χ1) is 9.51. The summed E-state index contributed by atoms with van der Waals surface area (Å²) in [5.41, 5.74) is 5.36. The second-order valence-electron chi connectivity index (χ2n) is 3.93. The zero-order valence-electron chi connectivity index (χ0n) is 11.3. The van der Waals surface area contributed by atoms with Gasteiger partial charge in [-0.2, -0.15) is 0 Å². The van der Waals surface area contributed by atoms with Crippen molar-refractivity contribution in [1.82, 2.24) is 4.98 Å². The lowest BCUT2D eigenvalue weighted by atomic mass is 10.2. The lowest BCUT2D eigenvalue weighted by Gasteiger charge is -2.17. The summed E-state index contributed by atoms with van der Waals surface area (Å²) in [5, 5.41) is 22.5. The molecule has 0 aliphatic heterocycles. The molecule has 1 rings (SSSR count). The zero-order valence-corrected chi connectivity index (χ0v) is 11.3. The molecule has 0 atom stereocenters. The molecule has 0 unspecified atom stereocenters. The van der Waals surface area contributed by atoms with Gasteiger partial charge in [-0.25, -0.2) is 4.98 Å². The normalized spacial score (nSPS) is 11.4. The quantitative estimate of drug-likeness (QED) is 0.187. The fourth-order valence-corrected chi connectivity index (χ4v) is 1.52. The number of likely N-dealkylation sites (N-methyl/N-ethyl adjacent to an activating group) is 1. The fourth-order valence-electron chi connectivity index (χ4n) is 1.52. The van der Waals surface area contributed by atoms with Crippen molar-refractivity contribution in [3.8, 4) is 0 Å². The van der Waals surface area contributed by atoms with Gasteiger partial charge in [-0.3, -0.25) is 10.1 Å². The van der Waals surface area contributed by atoms with Gasteiger partial charge in [0.15, 0.2) is 5.84 Å². The number of ether oxygens (including phenoxy) is 1. The molecule has 0 spiro atoms. The molecule has 0 fully saturated rings. The van der Waals surface area contributed by atoms with E-state index in [4.69, 9.17) is 15.7 Å². The molecule has 9 heteroatoms. The summed E-state index contributed by atoms with van der Waals surface area (Å²) < 4.78 is 5.19. The topological polar surface area (TPSA) is 127 Å². The Kier molecular flexibility index (Phi) is 5.66. The minimum absolute atomic E-state index is 0.182. The smallest absolute Gasteiger partial charge is 0.312 e. The third kappa shape index (κ3) is 3.79. The summed E-state index contributed by atoms with van der Waals surface area (Å²) >= 11 is 0. The molecule has 110 valence electrons. The van der Waals surface area contributed by atoms with Gasteiger partial charge < -0.3 is 20.6 Å². The number of nitrogens with zero attached hydrogens (tertiary/aromatic N) is 4. The van der Waals surface area contributed by atoms with Gasteiger partial charge in [0.05, 0.1) is 11.5 Å². The Labute approximate surface area is 115 Å². The van der Waals surface area contributed by atoms with Crippen molar-refractivity contribution in [3.05, 3.63) is 27.9 Å². The largest absolute Gasteiger partial charge is 0.409 e. The molecule has 0 amide bonds. The molecule has 0 bridgehead atoms. The van der Waals surface area contributed by atoms with Gasteiger partial charge in [0.1, 0.15) is 0 Å². The van der Waals surface area contributed by atoms with Crippen LogP contribution in [0.2, 0.25) is 0 Å². The van der Waals surface area contributed by atoms with Crippen LogP contribution < -0.4 is 10.6 Å². The monoisotopic (exact) mass is 283 g/mol. The Hall–Kier alpha value is -2.42. The molecule has 0 saturated carbocycles. The van der Waals surface area contributed by atoms with E-state index in [2.05, 4.69) is 10.1 Å². The first-order valence-electron chi connectivity index (χ1n) is 5.92. The van der Waals surface area contributed by atoms with Crippen LogP contribution in [-0.4, -0.2) is 47.8 Å². The molecular weight excluding hydrogens is 266 g/mol. The summed E-state index contributed by atoms with van der Waals surface area (Å²) in [6.07, 6.45) is 1.31. The first-order valence-corrected chi connectivity index (χ1v) is 5.92. The lowest BCUT2D eigenvalue weighted by molar-refractivity contribution is -0.384. The van der Waals surface area contributed by atoms with Crippen molar-refractivity contribution in [3.63, 3.8) is 0 Å². The highest BCUT2D eigenvalue weighted by Crippen LogP contribution is 2.25. The molecule has 0 aliphatic carbocycles. The Balaban J connectivity index is 3.04. The van der Waals surface area contributed by atoms with E-state index in [0.29, 0.717) is 19.8 Å². The highest BCUT2D eigenvalue weighted by molar-refractivity contribution is 5.97. The van der Waals surface area contributed by atoms with Crippen LogP contribution in [0.1, 0.15) is 12.5 Å². The van der Waals surface area contributed by atoms with E-state index in [1.54, 1.807) is 11.9 Å². The highest BCUT2D eigenvalue weighted by Gasteiger charge is 2.20. The first kappa shape index (κ1) is 15.6. The molecule has 0 radical (unpaired) electrons. The van der Waals surface area contributed by atoms with Crippen LogP contribution in [0.4, 0.5) is 11.5 Å². The van der Waals surface area contributed by atoms with Gasteiger partial charge in [-0.05, 0) is 6.92 Å². The summed E-state index contributed by atoms with van der Waals surface area (Å²) in [6, 6.07) is 1.22. The summed E-state index contributed by atoms with van der Waals surface area (Å²) in [5.74, 6) is -0.0340. The Bertz CT molecular complexity index is 506. The second-order valence-corrected chi connectivity index (χ2v) is 3.93. The molecule has 0 aromatic carbocycles. The Morgan fingerprint density at radius 2 is 2.40 bits per heavy atom. The summed E-state index contributed by atoms with van der Waals surface area (Å²) in [6.45, 7) is 3.34. The van der Waals surface area contributed by atoms with E-state index in [-0.39, 0.29) is 22.9 Å². The van der Waals surface area contributed by atoms with Crippen LogP contribution in [-0.2, 0) is 4.74 Å². The SMILES string of the molecule is CCOCCN(C)c1ncc(C(N)=NO)cc1[N+](=O)[O-]. The van der Waals surface area contributed by atoms with Crippen LogP contribution in [0.5, 0.6) is 0 Å². The number of nitrogens with two attached hydrogens (primary N) is 1. The predicted molar refractivity (Wildman–Crippen MR) is 73.2 cm³/mol. The van der Waals surface area contributed by atoms with E-state index in [1.807, 2.05) is 6.92 Å². The molecule has 9 nitrogen and oxygen atoms in total. The van der Waals surface area contributed by atoms with Gasteiger partial charge in [0, 0.05) is 38.0 Å². The van der Waals surface area contributed by atoms with Crippen molar-refractivity contribution < 1.29 is 14.9 Å².